The minimum Gasteiger partial charge on any atom is -0.327 e. The van der Waals surface area contributed by atoms with E-state index in [4.69, 9.17) is 5.73 Å². The molecule has 0 spiro atoms. The maximum atomic E-state index is 5.59. The number of nitrogens with two attached hydrogens (primary N) is 1. The average Bonchev–Trinajstić information content (AvgIpc) is 1.95. The van der Waals surface area contributed by atoms with Gasteiger partial charge in [0.25, 0.3) is 0 Å². The van der Waals surface area contributed by atoms with E-state index in [0.29, 0.717) is 0 Å². The molecule has 0 aromatic heterocycles. The average molecular weight is 139 g/mol. The minimum absolute atomic E-state index is 0.721. The van der Waals surface area contributed by atoms with Crippen molar-refractivity contribution < 1.29 is 0 Å². The lowest BCUT2D eigenvalue weighted by Crippen LogP contribution is -2.20. The second kappa shape index (κ2) is 3.20. The molecule has 0 aromatic carbocycles. The van der Waals surface area contributed by atoms with Gasteiger partial charge >= 0.3 is 0 Å². The SMILES string of the molecule is CC1CCC=C(CN)C1C. The van der Waals surface area contributed by atoms with Crippen LogP contribution in [0, 0.1) is 11.8 Å². The Hall–Kier alpha value is -0.300. The first-order valence-corrected chi connectivity index (χ1v) is 4.14. The molecule has 1 aliphatic rings. The van der Waals surface area contributed by atoms with Crippen molar-refractivity contribution in [1.29, 1.82) is 0 Å². The van der Waals surface area contributed by atoms with Crippen molar-refractivity contribution in [2.75, 3.05) is 6.54 Å². The van der Waals surface area contributed by atoms with Crippen molar-refractivity contribution >= 4 is 0 Å². The molecule has 0 heterocycles. The van der Waals surface area contributed by atoms with Crippen LogP contribution in [-0.4, -0.2) is 6.54 Å². The fourth-order valence-corrected chi connectivity index (χ4v) is 1.60. The molecule has 0 radical (unpaired) electrons. The Balaban J connectivity index is 2.62. The van der Waals surface area contributed by atoms with Gasteiger partial charge in [-0.25, -0.2) is 0 Å². The molecule has 0 bridgehead atoms. The Bertz CT molecular complexity index is 138. The van der Waals surface area contributed by atoms with E-state index in [1.165, 1.54) is 18.4 Å². The Kier molecular flexibility index (Phi) is 2.50. The van der Waals surface area contributed by atoms with Crippen LogP contribution in [-0.2, 0) is 0 Å². The van der Waals surface area contributed by atoms with E-state index >= 15 is 0 Å². The third-order valence-corrected chi connectivity index (χ3v) is 2.70. The first-order valence-electron chi connectivity index (χ1n) is 4.14. The van der Waals surface area contributed by atoms with Crippen LogP contribution in [0.2, 0.25) is 0 Å². The Labute approximate surface area is 63.3 Å². The van der Waals surface area contributed by atoms with Gasteiger partial charge in [-0.15, -0.1) is 0 Å². The smallest absolute Gasteiger partial charge is 0.0139 e. The highest BCUT2D eigenvalue weighted by molar-refractivity contribution is 5.11. The summed E-state index contributed by atoms with van der Waals surface area (Å²) in [6.07, 6.45) is 4.88. The largest absolute Gasteiger partial charge is 0.327 e. The van der Waals surface area contributed by atoms with Crippen molar-refractivity contribution in [2.45, 2.75) is 26.7 Å². The molecule has 0 fully saturated rings. The molecule has 58 valence electrons. The second-order valence-corrected chi connectivity index (χ2v) is 3.33. The summed E-state index contributed by atoms with van der Waals surface area (Å²) in [5, 5.41) is 0. The summed E-state index contributed by atoms with van der Waals surface area (Å²) in [6.45, 7) is 5.35. The third kappa shape index (κ3) is 1.40. The van der Waals surface area contributed by atoms with E-state index in [1.807, 2.05) is 0 Å². The highest BCUT2D eigenvalue weighted by Crippen LogP contribution is 2.28. The van der Waals surface area contributed by atoms with Crippen molar-refractivity contribution in [2.24, 2.45) is 17.6 Å². The van der Waals surface area contributed by atoms with Gasteiger partial charge in [-0.05, 0) is 24.7 Å². The zero-order valence-electron chi connectivity index (χ0n) is 6.93. The van der Waals surface area contributed by atoms with E-state index in [-0.39, 0.29) is 0 Å². The second-order valence-electron chi connectivity index (χ2n) is 3.33. The van der Waals surface area contributed by atoms with Gasteiger partial charge in [0, 0.05) is 6.54 Å². The van der Waals surface area contributed by atoms with Crippen molar-refractivity contribution in [3.8, 4) is 0 Å². The van der Waals surface area contributed by atoms with Crippen LogP contribution in [0.1, 0.15) is 26.7 Å². The van der Waals surface area contributed by atoms with Crippen LogP contribution in [0.15, 0.2) is 11.6 Å². The van der Waals surface area contributed by atoms with E-state index in [0.717, 1.165) is 18.4 Å². The molecule has 0 saturated carbocycles. The Morgan fingerprint density at radius 3 is 2.80 bits per heavy atom. The van der Waals surface area contributed by atoms with Gasteiger partial charge in [0.1, 0.15) is 0 Å². The standard InChI is InChI=1S/C9H17N/c1-7-4-3-5-9(6-10)8(7)2/h5,7-8H,3-4,6,10H2,1-2H3. The van der Waals surface area contributed by atoms with Gasteiger partial charge in [-0.1, -0.05) is 25.5 Å². The fourth-order valence-electron chi connectivity index (χ4n) is 1.60. The van der Waals surface area contributed by atoms with Gasteiger partial charge < -0.3 is 5.73 Å². The predicted molar refractivity (Wildman–Crippen MR) is 44.7 cm³/mol. The minimum atomic E-state index is 0.721. The van der Waals surface area contributed by atoms with Gasteiger partial charge in [0.2, 0.25) is 0 Å². The van der Waals surface area contributed by atoms with Crippen LogP contribution in [0.4, 0.5) is 0 Å². The van der Waals surface area contributed by atoms with Crippen LogP contribution < -0.4 is 5.73 Å². The van der Waals surface area contributed by atoms with Crippen LogP contribution in [0.5, 0.6) is 0 Å². The molecule has 10 heavy (non-hydrogen) atoms. The molecule has 0 saturated heterocycles. The molecule has 0 aromatic rings. The number of rotatable bonds is 1. The van der Waals surface area contributed by atoms with E-state index in [1.54, 1.807) is 0 Å². The molecular weight excluding hydrogens is 122 g/mol. The summed E-state index contributed by atoms with van der Waals surface area (Å²) in [7, 11) is 0. The monoisotopic (exact) mass is 139 g/mol. The summed E-state index contributed by atoms with van der Waals surface area (Å²) in [5.74, 6) is 1.56. The van der Waals surface area contributed by atoms with Crippen LogP contribution in [0.3, 0.4) is 0 Å². The number of hydrogen-bond acceptors (Lipinski definition) is 1. The molecule has 0 aliphatic heterocycles. The third-order valence-electron chi connectivity index (χ3n) is 2.70. The summed E-state index contributed by atoms with van der Waals surface area (Å²) in [5.41, 5.74) is 7.04. The van der Waals surface area contributed by atoms with Crippen LogP contribution >= 0.6 is 0 Å². The number of allylic oxidation sites excluding steroid dienone is 1. The molecule has 0 amide bonds. The topological polar surface area (TPSA) is 26.0 Å². The lowest BCUT2D eigenvalue weighted by Gasteiger charge is -2.26. The highest BCUT2D eigenvalue weighted by atomic mass is 14.5. The van der Waals surface area contributed by atoms with Crippen LogP contribution in [0.25, 0.3) is 0 Å². The number of hydrogen-bond donors (Lipinski definition) is 1. The zero-order valence-corrected chi connectivity index (χ0v) is 6.93. The summed E-state index contributed by atoms with van der Waals surface area (Å²) >= 11 is 0. The molecule has 1 rings (SSSR count). The molecule has 2 unspecified atom stereocenters. The molecule has 2 N–H and O–H groups in total. The zero-order chi connectivity index (χ0) is 7.56. The van der Waals surface area contributed by atoms with Crippen molar-refractivity contribution in [1.82, 2.24) is 0 Å². The Morgan fingerprint density at radius 2 is 2.30 bits per heavy atom. The van der Waals surface area contributed by atoms with E-state index in [2.05, 4.69) is 19.9 Å². The first-order chi connectivity index (χ1) is 4.75. The quantitative estimate of drug-likeness (QED) is 0.552. The first kappa shape index (κ1) is 7.80. The maximum absolute atomic E-state index is 5.59. The van der Waals surface area contributed by atoms with Gasteiger partial charge in [-0.3, -0.25) is 0 Å². The molecular formula is C9H17N. The lowest BCUT2D eigenvalue weighted by molar-refractivity contribution is 0.389. The lowest BCUT2D eigenvalue weighted by atomic mass is 9.81. The molecule has 1 aliphatic carbocycles. The highest BCUT2D eigenvalue weighted by Gasteiger charge is 2.18. The Morgan fingerprint density at radius 1 is 1.60 bits per heavy atom. The molecule has 1 heteroatoms. The van der Waals surface area contributed by atoms with E-state index < -0.39 is 0 Å². The van der Waals surface area contributed by atoms with Gasteiger partial charge in [-0.2, -0.15) is 0 Å². The van der Waals surface area contributed by atoms with E-state index in [9.17, 15) is 0 Å². The van der Waals surface area contributed by atoms with Crippen molar-refractivity contribution in [3.63, 3.8) is 0 Å². The summed E-state index contributed by atoms with van der Waals surface area (Å²) in [4.78, 5) is 0. The predicted octanol–water partition coefficient (Wildman–Crippen LogP) is 1.94. The van der Waals surface area contributed by atoms with Gasteiger partial charge in [0.15, 0.2) is 0 Å². The summed E-state index contributed by atoms with van der Waals surface area (Å²) in [6, 6.07) is 0. The summed E-state index contributed by atoms with van der Waals surface area (Å²) < 4.78 is 0. The fraction of sp³-hybridized carbons (Fsp3) is 0.778. The van der Waals surface area contributed by atoms with Crippen molar-refractivity contribution in [3.05, 3.63) is 11.6 Å². The molecule has 2 atom stereocenters. The maximum Gasteiger partial charge on any atom is 0.0139 e. The normalized spacial score (nSPS) is 33.7. The van der Waals surface area contributed by atoms with Gasteiger partial charge in [0.05, 0.1) is 0 Å². The molecule has 1 nitrogen and oxygen atoms in total.